The third-order valence-corrected chi connectivity index (χ3v) is 7.78. The number of carbonyl (C=O) groups is 1. The highest BCUT2D eigenvalue weighted by Crippen LogP contribution is 2.19. The van der Waals surface area contributed by atoms with Gasteiger partial charge in [-0.3, -0.25) is 9.59 Å². The molecule has 0 unspecified atom stereocenters. The van der Waals surface area contributed by atoms with Crippen LogP contribution in [-0.2, 0) is 16.6 Å². The minimum Gasteiger partial charge on any atom is -0.360 e. The van der Waals surface area contributed by atoms with Crippen molar-refractivity contribution in [2.24, 2.45) is 0 Å². The number of hydrogen-bond donors (Lipinski definition) is 3. The topological polar surface area (TPSA) is 104 Å². The number of sulfonamides is 1. The molecule has 168 valence electrons. The van der Waals surface area contributed by atoms with E-state index in [0.29, 0.717) is 18.6 Å². The second-order valence-corrected chi connectivity index (χ2v) is 10.2. The number of nitrogens with zero attached hydrogens (tertiary/aromatic N) is 1. The van der Waals surface area contributed by atoms with Crippen LogP contribution in [-0.4, -0.2) is 56.8 Å². The molecule has 32 heavy (non-hydrogen) atoms. The number of H-pyrrole nitrogens is 1. The van der Waals surface area contributed by atoms with E-state index >= 15 is 0 Å². The number of rotatable bonds is 5. The number of aryl methyl sites for hydroxylation is 1. The summed E-state index contributed by atoms with van der Waals surface area (Å²) in [6.45, 7) is 4.61. The van der Waals surface area contributed by atoms with Crippen molar-refractivity contribution in [2.75, 3.05) is 33.2 Å². The van der Waals surface area contributed by atoms with Gasteiger partial charge in [-0.1, -0.05) is 29.8 Å². The van der Waals surface area contributed by atoms with Gasteiger partial charge in [-0.2, -0.15) is 4.31 Å². The number of likely N-dealkylation sites (N-methyl/N-ethyl adjacent to an activating group) is 1. The minimum atomic E-state index is -3.71. The van der Waals surface area contributed by atoms with Crippen molar-refractivity contribution >= 4 is 26.8 Å². The monoisotopic (exact) mass is 455 g/mol. The number of hydrogen-bond acceptors (Lipinski definition) is 4. The number of pyridine rings is 1. The fraction of sp³-hybridized carbons (Fsp3) is 0.304. The first-order valence-electron chi connectivity index (χ1n) is 10.6. The Morgan fingerprint density at radius 2 is 1.81 bits per heavy atom. The van der Waals surface area contributed by atoms with E-state index in [4.69, 9.17) is 0 Å². The number of benzene rings is 2. The fourth-order valence-electron chi connectivity index (χ4n) is 3.77. The Bertz CT molecular complexity index is 1310. The summed E-state index contributed by atoms with van der Waals surface area (Å²) in [4.78, 5) is 30.0. The zero-order valence-electron chi connectivity index (χ0n) is 18.1. The van der Waals surface area contributed by atoms with E-state index in [1.54, 1.807) is 6.07 Å². The Morgan fingerprint density at radius 1 is 1.12 bits per heavy atom. The van der Waals surface area contributed by atoms with Crippen molar-refractivity contribution in [3.8, 4) is 0 Å². The summed E-state index contributed by atoms with van der Waals surface area (Å²) >= 11 is 0. The number of amides is 1. The molecule has 0 atom stereocenters. The standard InChI is InChI=1S/C23H26N4O4S/c1-16-3-5-17(6-4-16)14-25-23(29)20-15-24-21-8-7-18(13-19(21)22(20)28)32(30,31)27-11-9-26(2)10-12-27/h3-8,13,15H,9-12,14H2,1-2H3,(H,24,28)(H,25,29)/p+1. The molecule has 3 aromatic rings. The van der Waals surface area contributed by atoms with Gasteiger partial charge in [-0.05, 0) is 30.7 Å². The van der Waals surface area contributed by atoms with Crippen molar-refractivity contribution in [1.29, 1.82) is 0 Å². The fourth-order valence-corrected chi connectivity index (χ4v) is 5.24. The van der Waals surface area contributed by atoms with Crippen LogP contribution in [0.25, 0.3) is 10.9 Å². The first-order chi connectivity index (χ1) is 15.3. The van der Waals surface area contributed by atoms with Gasteiger partial charge in [-0.15, -0.1) is 0 Å². The third-order valence-electron chi connectivity index (χ3n) is 5.88. The molecule has 0 spiro atoms. The maximum atomic E-state index is 13.1. The first kappa shape index (κ1) is 22.2. The minimum absolute atomic E-state index is 0.0534. The number of piperazine rings is 1. The van der Waals surface area contributed by atoms with Gasteiger partial charge in [0.05, 0.1) is 38.1 Å². The van der Waals surface area contributed by atoms with Gasteiger partial charge in [0.15, 0.2) is 0 Å². The van der Waals surface area contributed by atoms with Crippen LogP contribution in [0.3, 0.4) is 0 Å². The molecule has 2 aromatic carbocycles. The van der Waals surface area contributed by atoms with Crippen LogP contribution in [0.2, 0.25) is 0 Å². The second kappa shape index (κ2) is 8.85. The lowest BCUT2D eigenvalue weighted by Gasteiger charge is -2.29. The zero-order valence-corrected chi connectivity index (χ0v) is 19.0. The Hall–Kier alpha value is -3.01. The molecule has 0 saturated carbocycles. The summed E-state index contributed by atoms with van der Waals surface area (Å²) in [6, 6.07) is 12.2. The van der Waals surface area contributed by atoms with E-state index in [1.165, 1.54) is 27.5 Å². The molecule has 2 heterocycles. The maximum absolute atomic E-state index is 13.1. The Kier molecular flexibility index (Phi) is 6.14. The third kappa shape index (κ3) is 4.45. The van der Waals surface area contributed by atoms with Crippen LogP contribution < -0.4 is 15.6 Å². The summed E-state index contributed by atoms with van der Waals surface area (Å²) in [5, 5.41) is 2.93. The van der Waals surface area contributed by atoms with Crippen molar-refractivity contribution in [2.45, 2.75) is 18.4 Å². The molecule has 1 fully saturated rings. The molecule has 0 aliphatic carbocycles. The number of nitrogens with one attached hydrogen (secondary N) is 3. The number of aromatic amines is 1. The summed E-state index contributed by atoms with van der Waals surface area (Å²) in [5.41, 5.74) is 1.97. The molecule has 1 saturated heterocycles. The van der Waals surface area contributed by atoms with Gasteiger partial charge in [0, 0.05) is 23.6 Å². The van der Waals surface area contributed by atoms with E-state index in [2.05, 4.69) is 10.3 Å². The van der Waals surface area contributed by atoms with Crippen LogP contribution in [0.15, 0.2) is 58.4 Å². The van der Waals surface area contributed by atoms with Crippen molar-refractivity contribution < 1.29 is 18.1 Å². The van der Waals surface area contributed by atoms with Crippen molar-refractivity contribution in [3.05, 3.63) is 75.6 Å². The second-order valence-electron chi connectivity index (χ2n) is 8.27. The van der Waals surface area contributed by atoms with E-state index < -0.39 is 21.4 Å². The summed E-state index contributed by atoms with van der Waals surface area (Å²) in [6.07, 6.45) is 1.37. The van der Waals surface area contributed by atoms with E-state index in [9.17, 15) is 18.0 Å². The van der Waals surface area contributed by atoms with E-state index in [1.807, 2.05) is 38.2 Å². The van der Waals surface area contributed by atoms with E-state index in [-0.39, 0.29) is 22.4 Å². The van der Waals surface area contributed by atoms with Crippen LogP contribution in [0.5, 0.6) is 0 Å². The molecular formula is C23H27N4O4S+. The Morgan fingerprint density at radius 3 is 2.50 bits per heavy atom. The number of quaternary nitrogens is 1. The molecule has 0 bridgehead atoms. The predicted molar refractivity (Wildman–Crippen MR) is 122 cm³/mol. The zero-order chi connectivity index (χ0) is 22.9. The summed E-state index contributed by atoms with van der Waals surface area (Å²) in [7, 11) is -1.68. The van der Waals surface area contributed by atoms with Gasteiger partial charge in [0.1, 0.15) is 5.56 Å². The highest BCUT2D eigenvalue weighted by molar-refractivity contribution is 7.89. The summed E-state index contributed by atoms with van der Waals surface area (Å²) < 4.78 is 27.6. The molecule has 3 N–H and O–H groups in total. The largest absolute Gasteiger partial charge is 0.360 e. The lowest BCUT2D eigenvalue weighted by Crippen LogP contribution is -3.12. The van der Waals surface area contributed by atoms with Gasteiger partial charge in [0.2, 0.25) is 15.5 Å². The van der Waals surface area contributed by atoms with Gasteiger partial charge < -0.3 is 15.2 Å². The van der Waals surface area contributed by atoms with Crippen LogP contribution in [0.4, 0.5) is 0 Å². The van der Waals surface area contributed by atoms with Crippen molar-refractivity contribution in [1.82, 2.24) is 14.6 Å². The lowest BCUT2D eigenvalue weighted by atomic mass is 10.1. The van der Waals surface area contributed by atoms with Crippen LogP contribution >= 0.6 is 0 Å². The average Bonchev–Trinajstić information content (AvgIpc) is 2.79. The Labute approximate surface area is 186 Å². The molecule has 1 amide bonds. The number of aromatic nitrogens is 1. The Balaban J connectivity index is 1.60. The van der Waals surface area contributed by atoms with Crippen LogP contribution in [0.1, 0.15) is 21.5 Å². The van der Waals surface area contributed by atoms with Gasteiger partial charge in [-0.25, -0.2) is 8.42 Å². The van der Waals surface area contributed by atoms with E-state index in [0.717, 1.165) is 24.2 Å². The molecule has 0 radical (unpaired) electrons. The maximum Gasteiger partial charge on any atom is 0.257 e. The predicted octanol–water partition coefficient (Wildman–Crippen LogP) is 0.286. The normalized spacial score (nSPS) is 15.7. The lowest BCUT2D eigenvalue weighted by molar-refractivity contribution is -0.883. The number of fused-ring (bicyclic) bond motifs is 1. The molecule has 9 heteroatoms. The molecule has 8 nitrogen and oxygen atoms in total. The molecule has 1 aliphatic heterocycles. The number of carbonyl (C=O) groups excluding carboxylic acids is 1. The average molecular weight is 456 g/mol. The molecule has 4 rings (SSSR count). The highest BCUT2D eigenvalue weighted by Gasteiger charge is 2.29. The SMILES string of the molecule is Cc1ccc(CNC(=O)c2c[nH]c3ccc(S(=O)(=O)N4CC[NH+](C)CC4)cc3c2=O)cc1. The van der Waals surface area contributed by atoms with Crippen molar-refractivity contribution in [3.63, 3.8) is 0 Å². The smallest absolute Gasteiger partial charge is 0.257 e. The van der Waals surface area contributed by atoms with Gasteiger partial charge >= 0.3 is 0 Å². The molecular weight excluding hydrogens is 428 g/mol. The molecule has 1 aliphatic rings. The van der Waals surface area contributed by atoms with Gasteiger partial charge in [0.25, 0.3) is 5.91 Å². The highest BCUT2D eigenvalue weighted by atomic mass is 32.2. The summed E-state index contributed by atoms with van der Waals surface area (Å²) in [5.74, 6) is -0.510. The first-order valence-corrected chi connectivity index (χ1v) is 12.0. The van der Waals surface area contributed by atoms with Crippen LogP contribution in [0, 0.1) is 6.92 Å². The molecule has 1 aromatic heterocycles. The quantitative estimate of drug-likeness (QED) is 0.514.